The molecule has 6 nitrogen and oxygen atoms in total. The van der Waals surface area contributed by atoms with Crippen LogP contribution in [0.4, 0.5) is 0 Å². The first-order chi connectivity index (χ1) is 12.2. The van der Waals surface area contributed by atoms with Crippen molar-refractivity contribution in [3.05, 3.63) is 58.7 Å². The fourth-order valence-corrected chi connectivity index (χ4v) is 3.02. The number of benzene rings is 1. The first kappa shape index (κ1) is 16.9. The van der Waals surface area contributed by atoms with Crippen molar-refractivity contribution >= 4 is 17.2 Å². The smallest absolute Gasteiger partial charge is 0.251 e. The number of aromatic nitrogens is 2. The van der Waals surface area contributed by atoms with Crippen LogP contribution in [0.5, 0.6) is 11.5 Å². The summed E-state index contributed by atoms with van der Waals surface area (Å²) >= 11 is 1.50. The van der Waals surface area contributed by atoms with Gasteiger partial charge >= 0.3 is 0 Å². The van der Waals surface area contributed by atoms with E-state index in [9.17, 15) is 4.79 Å². The lowest BCUT2D eigenvalue weighted by molar-refractivity contribution is 0.0950. The Hall–Kier alpha value is -2.93. The maximum absolute atomic E-state index is 12.3. The van der Waals surface area contributed by atoms with Gasteiger partial charge in [0.1, 0.15) is 5.01 Å². The average Bonchev–Trinajstić information content (AvgIpc) is 3.15. The molecule has 0 atom stereocenters. The lowest BCUT2D eigenvalue weighted by atomic mass is 10.2. The van der Waals surface area contributed by atoms with Gasteiger partial charge in [0, 0.05) is 28.9 Å². The molecule has 0 radical (unpaired) electrons. The van der Waals surface area contributed by atoms with Crippen molar-refractivity contribution in [2.45, 2.75) is 6.54 Å². The molecule has 128 valence electrons. The normalized spacial score (nSPS) is 10.3. The van der Waals surface area contributed by atoms with Crippen LogP contribution in [0.3, 0.4) is 0 Å². The van der Waals surface area contributed by atoms with Gasteiger partial charge in [0.25, 0.3) is 5.91 Å². The average molecular weight is 355 g/mol. The lowest BCUT2D eigenvalue weighted by Gasteiger charge is -2.09. The van der Waals surface area contributed by atoms with Gasteiger partial charge in [-0.05, 0) is 30.3 Å². The predicted molar refractivity (Wildman–Crippen MR) is 96.1 cm³/mol. The van der Waals surface area contributed by atoms with Crippen molar-refractivity contribution in [1.82, 2.24) is 15.3 Å². The Balaban J connectivity index is 1.66. The van der Waals surface area contributed by atoms with Crippen LogP contribution in [-0.2, 0) is 6.54 Å². The summed E-state index contributed by atoms with van der Waals surface area (Å²) in [6, 6.07) is 8.87. The summed E-state index contributed by atoms with van der Waals surface area (Å²) in [7, 11) is 3.09. The maximum Gasteiger partial charge on any atom is 0.251 e. The summed E-state index contributed by atoms with van der Waals surface area (Å²) in [4.78, 5) is 20.9. The summed E-state index contributed by atoms with van der Waals surface area (Å²) in [5, 5.41) is 5.65. The van der Waals surface area contributed by atoms with Crippen LogP contribution >= 0.6 is 11.3 Å². The number of nitrogens with zero attached hydrogens (tertiary/aromatic N) is 2. The van der Waals surface area contributed by atoms with Crippen molar-refractivity contribution in [3.8, 4) is 22.8 Å². The van der Waals surface area contributed by atoms with E-state index in [2.05, 4.69) is 15.3 Å². The van der Waals surface area contributed by atoms with E-state index in [1.165, 1.54) is 18.4 Å². The van der Waals surface area contributed by atoms with Gasteiger partial charge in [0.05, 0.1) is 26.5 Å². The van der Waals surface area contributed by atoms with Gasteiger partial charge in [-0.2, -0.15) is 0 Å². The Morgan fingerprint density at radius 3 is 2.76 bits per heavy atom. The highest BCUT2D eigenvalue weighted by Crippen LogP contribution is 2.27. The Morgan fingerprint density at radius 1 is 1.20 bits per heavy atom. The van der Waals surface area contributed by atoms with Crippen LogP contribution < -0.4 is 14.8 Å². The largest absolute Gasteiger partial charge is 0.493 e. The third kappa shape index (κ3) is 3.95. The third-order valence-corrected chi connectivity index (χ3v) is 4.40. The van der Waals surface area contributed by atoms with Crippen molar-refractivity contribution in [1.29, 1.82) is 0 Å². The molecular weight excluding hydrogens is 338 g/mol. The number of carbonyl (C=O) groups excluding carboxylic acids is 1. The van der Waals surface area contributed by atoms with E-state index < -0.39 is 0 Å². The SMILES string of the molecule is COc1ccc(C(=O)NCc2nc(-c3cccnc3)cs2)cc1OC. The highest BCUT2D eigenvalue weighted by Gasteiger charge is 2.11. The van der Waals surface area contributed by atoms with E-state index in [1.807, 2.05) is 17.5 Å². The monoisotopic (exact) mass is 355 g/mol. The zero-order chi connectivity index (χ0) is 17.6. The zero-order valence-corrected chi connectivity index (χ0v) is 14.7. The van der Waals surface area contributed by atoms with Gasteiger partial charge in [0.2, 0.25) is 0 Å². The van der Waals surface area contributed by atoms with Crippen LogP contribution in [-0.4, -0.2) is 30.1 Å². The lowest BCUT2D eigenvalue weighted by Crippen LogP contribution is -2.22. The van der Waals surface area contributed by atoms with Gasteiger partial charge in [-0.25, -0.2) is 4.98 Å². The number of hydrogen-bond acceptors (Lipinski definition) is 6. The molecule has 0 aliphatic heterocycles. The van der Waals surface area contributed by atoms with Gasteiger partial charge in [-0.3, -0.25) is 9.78 Å². The minimum Gasteiger partial charge on any atom is -0.493 e. The van der Waals surface area contributed by atoms with E-state index in [0.717, 1.165) is 16.3 Å². The van der Waals surface area contributed by atoms with Crippen LogP contribution in [0.2, 0.25) is 0 Å². The van der Waals surface area contributed by atoms with Gasteiger partial charge in [0.15, 0.2) is 11.5 Å². The van der Waals surface area contributed by atoms with E-state index in [1.54, 1.807) is 37.7 Å². The fraction of sp³-hybridized carbons (Fsp3) is 0.167. The molecule has 7 heteroatoms. The predicted octanol–water partition coefficient (Wildman–Crippen LogP) is 3.15. The Bertz CT molecular complexity index is 865. The van der Waals surface area contributed by atoms with Gasteiger partial charge in [-0.15, -0.1) is 11.3 Å². The van der Waals surface area contributed by atoms with Crippen LogP contribution in [0.25, 0.3) is 11.3 Å². The Labute approximate surface area is 149 Å². The second-order valence-corrected chi connectivity index (χ2v) is 6.06. The standard InChI is InChI=1S/C18H17N3O3S/c1-23-15-6-5-12(8-16(15)24-2)18(22)20-10-17-21-14(11-25-17)13-4-3-7-19-9-13/h3-9,11H,10H2,1-2H3,(H,20,22). The number of thiazole rings is 1. The molecule has 0 saturated heterocycles. The molecular formula is C18H17N3O3S. The van der Waals surface area contributed by atoms with E-state index in [0.29, 0.717) is 23.6 Å². The van der Waals surface area contributed by atoms with Crippen molar-refractivity contribution in [2.24, 2.45) is 0 Å². The molecule has 25 heavy (non-hydrogen) atoms. The van der Waals surface area contributed by atoms with Gasteiger partial charge < -0.3 is 14.8 Å². The summed E-state index contributed by atoms with van der Waals surface area (Å²) in [6.45, 7) is 0.359. The van der Waals surface area contributed by atoms with Crippen molar-refractivity contribution in [3.63, 3.8) is 0 Å². The first-order valence-electron chi connectivity index (χ1n) is 7.56. The molecule has 3 aromatic rings. The number of pyridine rings is 1. The fourth-order valence-electron chi connectivity index (χ4n) is 2.27. The topological polar surface area (TPSA) is 73.3 Å². The number of carbonyl (C=O) groups is 1. The number of ether oxygens (including phenoxy) is 2. The summed E-state index contributed by atoms with van der Waals surface area (Å²) in [5.41, 5.74) is 2.31. The molecule has 2 aromatic heterocycles. The number of hydrogen-bond donors (Lipinski definition) is 1. The van der Waals surface area contributed by atoms with Crippen molar-refractivity contribution < 1.29 is 14.3 Å². The zero-order valence-electron chi connectivity index (χ0n) is 13.9. The molecule has 0 aliphatic carbocycles. The summed E-state index contributed by atoms with van der Waals surface area (Å²) < 4.78 is 10.4. The van der Waals surface area contributed by atoms with Crippen LogP contribution in [0.15, 0.2) is 48.1 Å². The van der Waals surface area contributed by atoms with E-state index in [4.69, 9.17) is 9.47 Å². The molecule has 0 bridgehead atoms. The third-order valence-electron chi connectivity index (χ3n) is 3.55. The number of nitrogens with one attached hydrogen (secondary N) is 1. The molecule has 3 rings (SSSR count). The van der Waals surface area contributed by atoms with Crippen LogP contribution in [0.1, 0.15) is 15.4 Å². The molecule has 0 spiro atoms. The molecule has 0 unspecified atom stereocenters. The van der Waals surface area contributed by atoms with Gasteiger partial charge in [-0.1, -0.05) is 0 Å². The second kappa shape index (κ2) is 7.76. The molecule has 0 fully saturated rings. The minimum absolute atomic E-state index is 0.195. The second-order valence-electron chi connectivity index (χ2n) is 5.12. The number of amides is 1. The summed E-state index contributed by atoms with van der Waals surface area (Å²) in [6.07, 6.45) is 3.49. The van der Waals surface area contributed by atoms with Crippen molar-refractivity contribution in [2.75, 3.05) is 14.2 Å². The highest BCUT2D eigenvalue weighted by molar-refractivity contribution is 7.09. The quantitative estimate of drug-likeness (QED) is 0.735. The molecule has 2 heterocycles. The molecule has 1 aromatic carbocycles. The molecule has 0 saturated carbocycles. The highest BCUT2D eigenvalue weighted by atomic mass is 32.1. The molecule has 0 aliphatic rings. The van der Waals surface area contributed by atoms with Crippen LogP contribution in [0, 0.1) is 0 Å². The summed E-state index contributed by atoms with van der Waals surface area (Å²) in [5.74, 6) is 0.905. The minimum atomic E-state index is -0.195. The Morgan fingerprint density at radius 2 is 2.04 bits per heavy atom. The van der Waals surface area contributed by atoms with E-state index >= 15 is 0 Å². The molecule has 1 N–H and O–H groups in total. The number of rotatable bonds is 6. The Kier molecular flexibility index (Phi) is 5.25. The maximum atomic E-state index is 12.3. The first-order valence-corrected chi connectivity index (χ1v) is 8.44. The van der Waals surface area contributed by atoms with E-state index in [-0.39, 0.29) is 5.91 Å². The molecule has 1 amide bonds. The number of methoxy groups -OCH3 is 2.